The van der Waals surface area contributed by atoms with E-state index in [9.17, 15) is 0 Å². The molecule has 2 nitrogen and oxygen atoms in total. The van der Waals surface area contributed by atoms with E-state index in [1.54, 1.807) is 6.20 Å². The van der Waals surface area contributed by atoms with Crippen LogP contribution in [0, 0.1) is 11.3 Å². The van der Waals surface area contributed by atoms with E-state index in [0.29, 0.717) is 11.3 Å². The van der Waals surface area contributed by atoms with Crippen LogP contribution in [-0.2, 0) is 0 Å². The van der Waals surface area contributed by atoms with E-state index in [-0.39, 0.29) is 0 Å². The fourth-order valence-corrected chi connectivity index (χ4v) is 2.33. The molecule has 0 saturated heterocycles. The Balaban J connectivity index is 1.89. The highest BCUT2D eigenvalue weighted by atomic mass is 16.5. The van der Waals surface area contributed by atoms with Gasteiger partial charge in [-0.15, -0.1) is 0 Å². The molecule has 0 N–H and O–H groups in total. The molecule has 0 bridgehead atoms. The maximum absolute atomic E-state index is 5.71. The molecule has 1 atom stereocenters. The zero-order valence-corrected chi connectivity index (χ0v) is 9.57. The van der Waals surface area contributed by atoms with E-state index in [2.05, 4.69) is 18.8 Å². The van der Waals surface area contributed by atoms with Gasteiger partial charge in [-0.25, -0.2) is 4.98 Å². The highest BCUT2D eigenvalue weighted by Gasteiger charge is 2.34. The topological polar surface area (TPSA) is 22.1 Å². The Kier molecular flexibility index (Phi) is 2.94. The molecule has 2 rings (SSSR count). The Morgan fingerprint density at radius 3 is 2.93 bits per heavy atom. The van der Waals surface area contributed by atoms with Crippen LogP contribution in [0.15, 0.2) is 24.4 Å². The Labute approximate surface area is 91.7 Å². The molecule has 1 heterocycles. The molecule has 0 aromatic carbocycles. The van der Waals surface area contributed by atoms with Gasteiger partial charge in [0.2, 0.25) is 5.88 Å². The fourth-order valence-electron chi connectivity index (χ4n) is 2.33. The van der Waals surface area contributed by atoms with Gasteiger partial charge >= 0.3 is 0 Å². The summed E-state index contributed by atoms with van der Waals surface area (Å²) in [6.07, 6.45) is 5.72. The first-order valence-corrected chi connectivity index (χ1v) is 5.72. The van der Waals surface area contributed by atoms with Crippen LogP contribution in [-0.4, -0.2) is 11.6 Å². The summed E-state index contributed by atoms with van der Waals surface area (Å²) in [6.45, 7) is 5.49. The summed E-state index contributed by atoms with van der Waals surface area (Å²) in [5.41, 5.74) is 0.439. The summed E-state index contributed by atoms with van der Waals surface area (Å²) >= 11 is 0. The normalized spacial score (nSPS) is 24.0. The van der Waals surface area contributed by atoms with Crippen molar-refractivity contribution in [2.45, 2.75) is 33.1 Å². The summed E-state index contributed by atoms with van der Waals surface area (Å²) < 4.78 is 5.71. The van der Waals surface area contributed by atoms with Crippen molar-refractivity contribution in [3.8, 4) is 5.88 Å². The number of hydrogen-bond acceptors (Lipinski definition) is 2. The largest absolute Gasteiger partial charge is 0.477 e. The third-order valence-corrected chi connectivity index (χ3v) is 3.55. The quantitative estimate of drug-likeness (QED) is 0.755. The predicted molar refractivity (Wildman–Crippen MR) is 60.9 cm³/mol. The molecule has 2 heteroatoms. The summed E-state index contributed by atoms with van der Waals surface area (Å²) in [6, 6.07) is 5.79. The van der Waals surface area contributed by atoms with Crippen molar-refractivity contribution < 1.29 is 4.74 Å². The van der Waals surface area contributed by atoms with Crippen molar-refractivity contribution in [3.63, 3.8) is 0 Å². The molecule has 15 heavy (non-hydrogen) atoms. The molecular formula is C13H19NO. The van der Waals surface area contributed by atoms with Crippen molar-refractivity contribution in [1.29, 1.82) is 0 Å². The van der Waals surface area contributed by atoms with Crippen LogP contribution >= 0.6 is 0 Å². The number of hydrogen-bond donors (Lipinski definition) is 0. The van der Waals surface area contributed by atoms with Crippen LogP contribution in [0.5, 0.6) is 5.88 Å². The maximum atomic E-state index is 5.71. The lowest BCUT2D eigenvalue weighted by Crippen LogP contribution is -2.23. The second kappa shape index (κ2) is 4.21. The molecule has 0 unspecified atom stereocenters. The van der Waals surface area contributed by atoms with Crippen LogP contribution in [0.1, 0.15) is 33.1 Å². The van der Waals surface area contributed by atoms with E-state index in [1.807, 2.05) is 18.2 Å². The monoisotopic (exact) mass is 205 g/mol. The summed E-state index contributed by atoms with van der Waals surface area (Å²) in [5.74, 6) is 1.43. The number of pyridine rings is 1. The van der Waals surface area contributed by atoms with Crippen LogP contribution < -0.4 is 4.74 Å². The third kappa shape index (κ3) is 2.49. The maximum Gasteiger partial charge on any atom is 0.213 e. The van der Waals surface area contributed by atoms with E-state index >= 15 is 0 Å². The van der Waals surface area contributed by atoms with Crippen LogP contribution in [0.2, 0.25) is 0 Å². The van der Waals surface area contributed by atoms with Crippen molar-refractivity contribution in [1.82, 2.24) is 4.98 Å². The highest BCUT2D eigenvalue weighted by molar-refractivity contribution is 5.09. The minimum Gasteiger partial charge on any atom is -0.477 e. The number of nitrogens with zero attached hydrogens (tertiary/aromatic N) is 1. The average molecular weight is 205 g/mol. The standard InChI is InChI=1S/C13H19NO/c1-13(2)8-5-6-11(13)10-15-12-7-3-4-9-14-12/h3-4,7,9,11H,5-6,8,10H2,1-2H3/t11-/m1/s1. The molecule has 1 aliphatic carbocycles. The fraction of sp³-hybridized carbons (Fsp3) is 0.615. The van der Waals surface area contributed by atoms with Gasteiger partial charge in [0, 0.05) is 12.3 Å². The molecule has 1 fully saturated rings. The zero-order chi connectivity index (χ0) is 10.7. The first-order valence-electron chi connectivity index (χ1n) is 5.72. The van der Waals surface area contributed by atoms with Gasteiger partial charge in [0.1, 0.15) is 0 Å². The van der Waals surface area contributed by atoms with Gasteiger partial charge in [0.15, 0.2) is 0 Å². The molecule has 1 saturated carbocycles. The summed E-state index contributed by atoms with van der Waals surface area (Å²) in [4.78, 5) is 4.17. The van der Waals surface area contributed by atoms with Crippen LogP contribution in [0.3, 0.4) is 0 Å². The van der Waals surface area contributed by atoms with Gasteiger partial charge in [-0.2, -0.15) is 0 Å². The lowest BCUT2D eigenvalue weighted by Gasteiger charge is -2.26. The summed E-state index contributed by atoms with van der Waals surface area (Å²) in [5, 5.41) is 0. The molecule has 0 radical (unpaired) electrons. The SMILES string of the molecule is CC1(C)CCC[C@@H]1COc1ccccn1. The van der Waals surface area contributed by atoms with E-state index in [0.717, 1.165) is 12.5 Å². The highest BCUT2D eigenvalue weighted by Crippen LogP contribution is 2.42. The van der Waals surface area contributed by atoms with Crippen molar-refractivity contribution in [2.75, 3.05) is 6.61 Å². The molecule has 0 amide bonds. The van der Waals surface area contributed by atoms with Crippen LogP contribution in [0.25, 0.3) is 0 Å². The second-order valence-corrected chi connectivity index (χ2v) is 5.06. The van der Waals surface area contributed by atoms with Crippen molar-refractivity contribution in [3.05, 3.63) is 24.4 Å². The second-order valence-electron chi connectivity index (χ2n) is 5.06. The predicted octanol–water partition coefficient (Wildman–Crippen LogP) is 3.29. The smallest absolute Gasteiger partial charge is 0.213 e. The zero-order valence-electron chi connectivity index (χ0n) is 9.57. The van der Waals surface area contributed by atoms with E-state index in [4.69, 9.17) is 4.74 Å². The Bertz CT molecular complexity index is 308. The van der Waals surface area contributed by atoms with Crippen LogP contribution in [0.4, 0.5) is 0 Å². The lowest BCUT2D eigenvalue weighted by atomic mass is 9.82. The minimum atomic E-state index is 0.439. The van der Waals surface area contributed by atoms with Gasteiger partial charge in [0.05, 0.1) is 6.61 Å². The Morgan fingerprint density at radius 2 is 2.33 bits per heavy atom. The first-order chi connectivity index (χ1) is 7.18. The van der Waals surface area contributed by atoms with Crippen molar-refractivity contribution >= 4 is 0 Å². The molecule has 1 aromatic rings. The van der Waals surface area contributed by atoms with Crippen molar-refractivity contribution in [2.24, 2.45) is 11.3 Å². The molecular weight excluding hydrogens is 186 g/mol. The van der Waals surface area contributed by atoms with E-state index in [1.165, 1.54) is 19.3 Å². The molecule has 1 aliphatic rings. The van der Waals surface area contributed by atoms with E-state index < -0.39 is 0 Å². The number of rotatable bonds is 3. The molecule has 82 valence electrons. The minimum absolute atomic E-state index is 0.439. The number of aromatic nitrogens is 1. The van der Waals surface area contributed by atoms with Gasteiger partial charge < -0.3 is 4.74 Å². The van der Waals surface area contributed by atoms with Gasteiger partial charge in [-0.05, 0) is 30.2 Å². The lowest BCUT2D eigenvalue weighted by molar-refractivity contribution is 0.157. The Hall–Kier alpha value is -1.05. The molecule has 0 aliphatic heterocycles. The van der Waals surface area contributed by atoms with Gasteiger partial charge in [0.25, 0.3) is 0 Å². The first kappa shape index (κ1) is 10.5. The number of ether oxygens (including phenoxy) is 1. The molecule has 1 aromatic heterocycles. The van der Waals surface area contributed by atoms with Gasteiger partial charge in [-0.3, -0.25) is 0 Å². The average Bonchev–Trinajstić information content (AvgIpc) is 2.56. The summed E-state index contributed by atoms with van der Waals surface area (Å²) in [7, 11) is 0. The third-order valence-electron chi connectivity index (χ3n) is 3.55. The molecule has 0 spiro atoms. The Morgan fingerprint density at radius 1 is 1.47 bits per heavy atom. The van der Waals surface area contributed by atoms with Gasteiger partial charge in [-0.1, -0.05) is 26.3 Å².